The predicted octanol–water partition coefficient (Wildman–Crippen LogP) is 2.72. The smallest absolute Gasteiger partial charge is 0.227 e. The van der Waals surface area contributed by atoms with Gasteiger partial charge in [0.25, 0.3) is 0 Å². The van der Waals surface area contributed by atoms with Crippen LogP contribution in [0, 0.1) is 19.7 Å². The largest absolute Gasteiger partial charge is 0.379 e. The van der Waals surface area contributed by atoms with Crippen LogP contribution >= 0.6 is 0 Å². The van der Waals surface area contributed by atoms with E-state index in [-0.39, 0.29) is 23.7 Å². The summed E-state index contributed by atoms with van der Waals surface area (Å²) in [6.45, 7) is 8.64. The number of benzene rings is 1. The first-order valence-corrected chi connectivity index (χ1v) is 9.25. The van der Waals surface area contributed by atoms with Gasteiger partial charge >= 0.3 is 0 Å². The van der Waals surface area contributed by atoms with Gasteiger partial charge < -0.3 is 14.6 Å². The van der Waals surface area contributed by atoms with E-state index in [0.717, 1.165) is 29.9 Å². The van der Waals surface area contributed by atoms with Gasteiger partial charge in [0.1, 0.15) is 11.6 Å². The van der Waals surface area contributed by atoms with Crippen molar-refractivity contribution in [3.63, 3.8) is 0 Å². The molecule has 0 radical (unpaired) electrons. The SMILES string of the molecule is Cc1noc(C)c1C(C)C(=O)NCC(c1cccc(F)c1)N1CCOCC1. The van der Waals surface area contributed by atoms with Crippen LogP contribution in [0.3, 0.4) is 0 Å². The number of carbonyl (C=O) groups is 1. The highest BCUT2D eigenvalue weighted by Crippen LogP contribution is 2.25. The minimum Gasteiger partial charge on any atom is -0.379 e. The van der Waals surface area contributed by atoms with Gasteiger partial charge in [-0.15, -0.1) is 0 Å². The van der Waals surface area contributed by atoms with Crippen molar-refractivity contribution in [3.05, 3.63) is 52.7 Å². The average molecular weight is 375 g/mol. The molecule has 6 nitrogen and oxygen atoms in total. The summed E-state index contributed by atoms with van der Waals surface area (Å²) in [5, 5.41) is 6.95. The van der Waals surface area contributed by atoms with Crippen LogP contribution in [-0.4, -0.2) is 48.8 Å². The highest BCUT2D eigenvalue weighted by molar-refractivity contribution is 5.83. The van der Waals surface area contributed by atoms with Gasteiger partial charge in [0.05, 0.1) is 30.9 Å². The summed E-state index contributed by atoms with van der Waals surface area (Å²) in [4.78, 5) is 15.0. The van der Waals surface area contributed by atoms with Crippen LogP contribution in [0.4, 0.5) is 4.39 Å². The molecule has 0 saturated carbocycles. The fourth-order valence-electron chi connectivity index (χ4n) is 3.65. The van der Waals surface area contributed by atoms with E-state index in [9.17, 15) is 9.18 Å². The van der Waals surface area contributed by atoms with E-state index >= 15 is 0 Å². The van der Waals surface area contributed by atoms with E-state index in [1.807, 2.05) is 26.8 Å². The van der Waals surface area contributed by atoms with E-state index in [4.69, 9.17) is 9.26 Å². The Kier molecular flexibility index (Phi) is 6.23. The fraction of sp³-hybridized carbons (Fsp3) is 0.500. The van der Waals surface area contributed by atoms with Crippen molar-refractivity contribution >= 4 is 5.91 Å². The Hall–Kier alpha value is -2.25. The molecule has 27 heavy (non-hydrogen) atoms. The fourth-order valence-corrected chi connectivity index (χ4v) is 3.65. The van der Waals surface area contributed by atoms with Crippen LogP contribution in [0.1, 0.15) is 41.5 Å². The number of ether oxygens (including phenoxy) is 1. The van der Waals surface area contributed by atoms with Crippen molar-refractivity contribution in [2.75, 3.05) is 32.8 Å². The number of amides is 1. The normalized spacial score (nSPS) is 17.5. The lowest BCUT2D eigenvalue weighted by Crippen LogP contribution is -2.44. The van der Waals surface area contributed by atoms with Crippen molar-refractivity contribution in [3.8, 4) is 0 Å². The second-order valence-electron chi connectivity index (χ2n) is 6.92. The zero-order valence-electron chi connectivity index (χ0n) is 16.0. The number of aromatic nitrogens is 1. The molecule has 1 aliphatic heterocycles. The van der Waals surface area contributed by atoms with Crippen molar-refractivity contribution in [2.45, 2.75) is 32.7 Å². The number of rotatable bonds is 6. The molecule has 7 heteroatoms. The summed E-state index contributed by atoms with van der Waals surface area (Å²) < 4.78 is 24.4. The Morgan fingerprint density at radius 2 is 2.07 bits per heavy atom. The third-order valence-electron chi connectivity index (χ3n) is 5.10. The first kappa shape index (κ1) is 19.5. The second-order valence-corrected chi connectivity index (χ2v) is 6.92. The molecule has 1 aromatic heterocycles. The molecule has 1 amide bonds. The van der Waals surface area contributed by atoms with Crippen LogP contribution in [0.5, 0.6) is 0 Å². The summed E-state index contributed by atoms with van der Waals surface area (Å²) in [5.41, 5.74) is 2.40. The lowest BCUT2D eigenvalue weighted by atomic mass is 9.98. The molecule has 1 saturated heterocycles. The van der Waals surface area contributed by atoms with E-state index in [2.05, 4.69) is 15.4 Å². The summed E-state index contributed by atoms with van der Waals surface area (Å²) in [7, 11) is 0. The third kappa shape index (κ3) is 4.54. The van der Waals surface area contributed by atoms with Crippen molar-refractivity contribution in [1.29, 1.82) is 0 Å². The Balaban J connectivity index is 1.73. The lowest BCUT2D eigenvalue weighted by Gasteiger charge is -2.35. The highest BCUT2D eigenvalue weighted by atomic mass is 19.1. The van der Waals surface area contributed by atoms with E-state index in [1.165, 1.54) is 12.1 Å². The van der Waals surface area contributed by atoms with Gasteiger partial charge in [0.2, 0.25) is 5.91 Å². The summed E-state index contributed by atoms with van der Waals surface area (Å²) in [6, 6.07) is 6.45. The number of morpholine rings is 1. The molecular weight excluding hydrogens is 349 g/mol. The zero-order chi connectivity index (χ0) is 19.4. The molecule has 3 rings (SSSR count). The average Bonchev–Trinajstić information content (AvgIpc) is 3.00. The van der Waals surface area contributed by atoms with Crippen LogP contribution in [0.25, 0.3) is 0 Å². The van der Waals surface area contributed by atoms with Crippen molar-refractivity contribution in [2.24, 2.45) is 0 Å². The predicted molar refractivity (Wildman–Crippen MR) is 98.9 cm³/mol. The maximum absolute atomic E-state index is 13.7. The molecule has 146 valence electrons. The monoisotopic (exact) mass is 375 g/mol. The van der Waals surface area contributed by atoms with Crippen LogP contribution < -0.4 is 5.32 Å². The highest BCUT2D eigenvalue weighted by Gasteiger charge is 2.26. The molecular formula is C20H26FN3O3. The molecule has 1 fully saturated rings. The van der Waals surface area contributed by atoms with Gasteiger partial charge in [-0.25, -0.2) is 4.39 Å². The molecule has 1 N–H and O–H groups in total. The van der Waals surface area contributed by atoms with E-state index < -0.39 is 0 Å². The minimum absolute atomic E-state index is 0.0981. The number of nitrogens with one attached hydrogen (secondary N) is 1. The number of halogens is 1. The molecule has 2 aromatic rings. The quantitative estimate of drug-likeness (QED) is 0.841. The standard InChI is InChI=1S/C20H26FN3O3/c1-13(19-14(2)23-27-15(19)3)20(25)22-12-18(24-7-9-26-10-8-24)16-5-4-6-17(21)11-16/h4-6,11,13,18H,7-10,12H2,1-3H3,(H,22,25). The van der Waals surface area contributed by atoms with Crippen molar-refractivity contribution < 1.29 is 18.4 Å². The van der Waals surface area contributed by atoms with Gasteiger partial charge in [-0.05, 0) is 38.5 Å². The maximum atomic E-state index is 13.7. The number of hydrogen-bond acceptors (Lipinski definition) is 5. The van der Waals surface area contributed by atoms with Gasteiger partial charge in [-0.2, -0.15) is 0 Å². The Morgan fingerprint density at radius 3 is 2.70 bits per heavy atom. The minimum atomic E-state index is -0.367. The molecule has 2 atom stereocenters. The number of carbonyl (C=O) groups excluding carboxylic acids is 1. The molecule has 2 heterocycles. The van der Waals surface area contributed by atoms with Crippen LogP contribution in [-0.2, 0) is 9.53 Å². The van der Waals surface area contributed by atoms with E-state index in [1.54, 1.807) is 6.07 Å². The molecule has 0 spiro atoms. The number of aryl methyl sites for hydroxylation is 2. The number of nitrogens with zero attached hydrogens (tertiary/aromatic N) is 2. The maximum Gasteiger partial charge on any atom is 0.227 e. The van der Waals surface area contributed by atoms with Gasteiger partial charge in [-0.1, -0.05) is 17.3 Å². The van der Waals surface area contributed by atoms with E-state index in [0.29, 0.717) is 25.5 Å². The summed E-state index contributed by atoms with van der Waals surface area (Å²) in [5.74, 6) is -0.0839. The Bertz CT molecular complexity index is 767. The molecule has 1 aromatic carbocycles. The topological polar surface area (TPSA) is 67.6 Å². The summed E-state index contributed by atoms with van der Waals surface area (Å²) in [6.07, 6.45) is 0. The first-order valence-electron chi connectivity index (χ1n) is 9.25. The molecule has 1 aliphatic rings. The van der Waals surface area contributed by atoms with Gasteiger partial charge in [0.15, 0.2) is 0 Å². The third-order valence-corrected chi connectivity index (χ3v) is 5.10. The molecule has 2 unspecified atom stereocenters. The first-order chi connectivity index (χ1) is 13.0. The van der Waals surface area contributed by atoms with Crippen LogP contribution in [0.2, 0.25) is 0 Å². The Labute approximate surface area is 158 Å². The summed E-state index contributed by atoms with van der Waals surface area (Å²) >= 11 is 0. The number of hydrogen-bond donors (Lipinski definition) is 1. The van der Waals surface area contributed by atoms with Crippen LogP contribution in [0.15, 0.2) is 28.8 Å². The zero-order valence-corrected chi connectivity index (χ0v) is 16.0. The van der Waals surface area contributed by atoms with Gasteiger partial charge in [0, 0.05) is 25.2 Å². The lowest BCUT2D eigenvalue weighted by molar-refractivity contribution is -0.122. The van der Waals surface area contributed by atoms with Gasteiger partial charge in [-0.3, -0.25) is 9.69 Å². The molecule has 0 aliphatic carbocycles. The van der Waals surface area contributed by atoms with Crippen molar-refractivity contribution in [1.82, 2.24) is 15.4 Å². The molecule has 0 bridgehead atoms. The Morgan fingerprint density at radius 1 is 1.33 bits per heavy atom. The second kappa shape index (κ2) is 8.63.